The minimum Gasteiger partial charge on any atom is -0.508 e. The van der Waals surface area contributed by atoms with Crippen LogP contribution in [-0.2, 0) is 0 Å². The van der Waals surface area contributed by atoms with Crippen molar-refractivity contribution < 1.29 is 19.8 Å². The molecule has 0 aliphatic carbocycles. The van der Waals surface area contributed by atoms with Crippen molar-refractivity contribution in [2.45, 2.75) is 0 Å². The molecule has 0 fully saturated rings. The van der Waals surface area contributed by atoms with Crippen LogP contribution >= 0.6 is 22.6 Å². The summed E-state index contributed by atoms with van der Waals surface area (Å²) in [5.41, 5.74) is 0.407. The zero-order chi connectivity index (χ0) is 14.7. The molecule has 1 amide bonds. The molecule has 2 aromatic carbocycles. The Kier molecular flexibility index (Phi) is 4.23. The number of hydrogen-bond donors (Lipinski definition) is 3. The predicted molar refractivity (Wildman–Crippen MR) is 82.2 cm³/mol. The predicted octanol–water partition coefficient (Wildman–Crippen LogP) is 2.95. The van der Waals surface area contributed by atoms with Crippen LogP contribution in [0.25, 0.3) is 0 Å². The van der Waals surface area contributed by atoms with Gasteiger partial charge in [0.1, 0.15) is 5.75 Å². The number of amides is 1. The molecule has 0 aromatic heterocycles. The monoisotopic (exact) mass is 383 g/mol. The van der Waals surface area contributed by atoms with Crippen LogP contribution in [0.5, 0.6) is 5.75 Å². The Morgan fingerprint density at radius 2 is 1.85 bits per heavy atom. The lowest BCUT2D eigenvalue weighted by molar-refractivity contribution is 0.0697. The van der Waals surface area contributed by atoms with Gasteiger partial charge in [-0.3, -0.25) is 4.79 Å². The fraction of sp³-hybridized carbons (Fsp3) is 0. The van der Waals surface area contributed by atoms with Gasteiger partial charge in [0.25, 0.3) is 5.91 Å². The minimum atomic E-state index is -1.22. The number of anilines is 1. The molecule has 0 radical (unpaired) electrons. The van der Waals surface area contributed by atoms with Gasteiger partial charge in [0, 0.05) is 9.13 Å². The molecule has 6 heteroatoms. The number of carbonyl (C=O) groups is 2. The molecule has 0 aliphatic rings. The third-order valence-corrected chi connectivity index (χ3v) is 3.24. The molecule has 0 heterocycles. The maximum Gasteiger partial charge on any atom is 0.337 e. The molecule has 0 spiro atoms. The van der Waals surface area contributed by atoms with Crippen molar-refractivity contribution in [2.24, 2.45) is 0 Å². The molecule has 5 nitrogen and oxygen atoms in total. The Balaban J connectivity index is 2.30. The molecule has 0 atom stereocenters. The van der Waals surface area contributed by atoms with Crippen LogP contribution in [0.3, 0.4) is 0 Å². The molecule has 20 heavy (non-hydrogen) atoms. The summed E-state index contributed by atoms with van der Waals surface area (Å²) in [7, 11) is 0. The highest BCUT2D eigenvalue weighted by atomic mass is 127. The van der Waals surface area contributed by atoms with Crippen LogP contribution in [0.4, 0.5) is 5.69 Å². The number of rotatable bonds is 3. The number of aromatic hydroxyl groups is 1. The Morgan fingerprint density at radius 1 is 1.10 bits per heavy atom. The van der Waals surface area contributed by atoms with Crippen LogP contribution in [0.2, 0.25) is 0 Å². The van der Waals surface area contributed by atoms with Crippen molar-refractivity contribution >= 4 is 40.2 Å². The summed E-state index contributed by atoms with van der Waals surface area (Å²) < 4.78 is 0.902. The van der Waals surface area contributed by atoms with Gasteiger partial charge in [-0.1, -0.05) is 6.07 Å². The molecule has 0 saturated heterocycles. The van der Waals surface area contributed by atoms with Crippen LogP contribution in [0.1, 0.15) is 20.7 Å². The fourth-order valence-electron chi connectivity index (χ4n) is 1.64. The van der Waals surface area contributed by atoms with E-state index in [-0.39, 0.29) is 17.0 Å². The van der Waals surface area contributed by atoms with Gasteiger partial charge in [-0.25, -0.2) is 4.79 Å². The highest BCUT2D eigenvalue weighted by Gasteiger charge is 2.14. The number of carboxylic acids is 1. The Labute approximate surface area is 128 Å². The fourth-order valence-corrected chi connectivity index (χ4v) is 2.19. The summed E-state index contributed by atoms with van der Waals surface area (Å²) in [6, 6.07) is 10.7. The highest BCUT2D eigenvalue weighted by molar-refractivity contribution is 14.1. The summed E-state index contributed by atoms with van der Waals surface area (Å²) in [5, 5.41) is 20.9. The molecule has 2 rings (SSSR count). The van der Waals surface area contributed by atoms with Crippen molar-refractivity contribution in [3.8, 4) is 5.75 Å². The quantitative estimate of drug-likeness (QED) is 0.562. The summed E-state index contributed by atoms with van der Waals surface area (Å²) in [4.78, 5) is 23.1. The number of aromatic carboxylic acids is 1. The van der Waals surface area contributed by atoms with Gasteiger partial charge in [-0.15, -0.1) is 0 Å². The van der Waals surface area contributed by atoms with Crippen LogP contribution in [0, 0.1) is 3.57 Å². The average molecular weight is 383 g/mol. The lowest BCUT2D eigenvalue weighted by Crippen LogP contribution is -2.14. The van der Waals surface area contributed by atoms with Crippen molar-refractivity contribution in [1.82, 2.24) is 0 Å². The number of nitrogens with one attached hydrogen (secondary N) is 1. The third-order valence-electron chi connectivity index (χ3n) is 2.57. The first-order valence-corrected chi connectivity index (χ1v) is 6.68. The second-order valence-corrected chi connectivity index (χ2v) is 5.25. The minimum absolute atomic E-state index is 0.138. The van der Waals surface area contributed by atoms with Crippen LogP contribution < -0.4 is 5.32 Å². The first kappa shape index (κ1) is 14.3. The smallest absolute Gasteiger partial charge is 0.337 e. The van der Waals surface area contributed by atoms with Gasteiger partial charge in [0.2, 0.25) is 0 Å². The Bertz CT molecular complexity index is 685. The van der Waals surface area contributed by atoms with Gasteiger partial charge in [-0.05, 0) is 59.0 Å². The highest BCUT2D eigenvalue weighted by Crippen LogP contribution is 2.22. The van der Waals surface area contributed by atoms with E-state index in [0.29, 0.717) is 5.56 Å². The molecule has 102 valence electrons. The van der Waals surface area contributed by atoms with Crippen molar-refractivity contribution in [1.29, 1.82) is 0 Å². The van der Waals surface area contributed by atoms with Crippen LogP contribution in [-0.4, -0.2) is 22.1 Å². The van der Waals surface area contributed by atoms with Crippen molar-refractivity contribution in [2.75, 3.05) is 5.32 Å². The number of carboxylic acid groups (broad SMARTS) is 1. The SMILES string of the molecule is O=C(Nc1ccc(O)cc1C(=O)O)c1cccc(I)c1. The topological polar surface area (TPSA) is 86.6 Å². The van der Waals surface area contributed by atoms with E-state index >= 15 is 0 Å². The second-order valence-electron chi connectivity index (χ2n) is 4.00. The lowest BCUT2D eigenvalue weighted by atomic mass is 10.1. The van der Waals surface area contributed by atoms with Gasteiger partial charge >= 0.3 is 5.97 Å². The van der Waals surface area contributed by atoms with Gasteiger partial charge < -0.3 is 15.5 Å². The van der Waals surface area contributed by atoms with Gasteiger partial charge in [0.15, 0.2) is 0 Å². The molecule has 0 saturated carbocycles. The van der Waals surface area contributed by atoms with E-state index in [1.165, 1.54) is 12.1 Å². The number of hydrogen-bond acceptors (Lipinski definition) is 3. The number of carbonyl (C=O) groups excluding carboxylic acids is 1. The number of phenols is 1. The molecule has 0 unspecified atom stereocenters. The van der Waals surface area contributed by atoms with E-state index in [1.54, 1.807) is 18.2 Å². The number of benzene rings is 2. The van der Waals surface area contributed by atoms with Gasteiger partial charge in [0.05, 0.1) is 11.3 Å². The normalized spacial score (nSPS) is 10.1. The van der Waals surface area contributed by atoms with E-state index in [9.17, 15) is 14.7 Å². The van der Waals surface area contributed by atoms with E-state index in [4.69, 9.17) is 5.11 Å². The third kappa shape index (κ3) is 3.27. The lowest BCUT2D eigenvalue weighted by Gasteiger charge is -2.09. The molecule has 2 aromatic rings. The molecule has 3 N–H and O–H groups in total. The summed E-state index contributed by atoms with van der Waals surface area (Å²) in [5.74, 6) is -1.80. The summed E-state index contributed by atoms with van der Waals surface area (Å²) in [6.45, 7) is 0. The molecular formula is C14H10INO4. The largest absolute Gasteiger partial charge is 0.508 e. The molecule has 0 aliphatic heterocycles. The summed E-state index contributed by atoms with van der Waals surface area (Å²) in [6.07, 6.45) is 0. The van der Waals surface area contributed by atoms with Gasteiger partial charge in [-0.2, -0.15) is 0 Å². The van der Waals surface area contributed by atoms with Crippen LogP contribution in [0.15, 0.2) is 42.5 Å². The second kappa shape index (κ2) is 5.91. The number of phenolic OH excluding ortho intramolecular Hbond substituents is 1. The molecular weight excluding hydrogens is 373 g/mol. The van der Waals surface area contributed by atoms with Crippen molar-refractivity contribution in [3.63, 3.8) is 0 Å². The maximum atomic E-state index is 12.1. The maximum absolute atomic E-state index is 12.1. The molecule has 0 bridgehead atoms. The van der Waals surface area contributed by atoms with E-state index in [0.717, 1.165) is 9.64 Å². The van der Waals surface area contributed by atoms with Crippen molar-refractivity contribution in [3.05, 3.63) is 57.2 Å². The first-order valence-electron chi connectivity index (χ1n) is 5.60. The Hall–Kier alpha value is -2.09. The first-order chi connectivity index (χ1) is 9.47. The van der Waals surface area contributed by atoms with E-state index in [2.05, 4.69) is 27.9 Å². The Morgan fingerprint density at radius 3 is 2.50 bits per heavy atom. The summed E-state index contributed by atoms with van der Waals surface area (Å²) >= 11 is 2.08. The average Bonchev–Trinajstić information content (AvgIpc) is 2.40. The number of halogens is 1. The zero-order valence-electron chi connectivity index (χ0n) is 10.1. The van der Waals surface area contributed by atoms with E-state index in [1.807, 2.05) is 6.07 Å². The zero-order valence-corrected chi connectivity index (χ0v) is 12.3. The van der Waals surface area contributed by atoms with E-state index < -0.39 is 11.9 Å². The standard InChI is InChI=1S/C14H10INO4/c15-9-3-1-2-8(6-9)13(18)16-12-5-4-10(17)7-11(12)14(19)20/h1-7,17H,(H,16,18)(H,19,20).